The third kappa shape index (κ3) is 2.57. The molecule has 2 fully saturated rings. The van der Waals surface area contributed by atoms with Crippen LogP contribution in [-0.2, 0) is 16.0 Å². The molecule has 1 N–H and O–H groups in total. The molecule has 5 heteroatoms. The maximum Gasteiger partial charge on any atom is 0.236 e. The Morgan fingerprint density at radius 1 is 1.19 bits per heavy atom. The summed E-state index contributed by atoms with van der Waals surface area (Å²) in [7, 11) is 0. The number of hydrogen-bond acceptors (Lipinski definition) is 3. The molecule has 0 atom stereocenters. The molecule has 5 nitrogen and oxygen atoms in total. The number of amides is 2. The van der Waals surface area contributed by atoms with E-state index in [0.717, 1.165) is 55.0 Å². The highest BCUT2D eigenvalue weighted by Crippen LogP contribution is 2.45. The van der Waals surface area contributed by atoms with Gasteiger partial charge in [-0.15, -0.1) is 0 Å². The molecule has 1 spiro atoms. The van der Waals surface area contributed by atoms with Crippen LogP contribution in [-0.4, -0.2) is 34.0 Å². The molecule has 1 aromatic carbocycles. The van der Waals surface area contributed by atoms with Crippen molar-refractivity contribution in [2.75, 3.05) is 6.54 Å². The summed E-state index contributed by atoms with van der Waals surface area (Å²) in [6.45, 7) is 1.92. The van der Waals surface area contributed by atoms with Crippen molar-refractivity contribution in [1.29, 1.82) is 0 Å². The number of carbonyl (C=O) groups is 3. The topological polar surface area (TPSA) is 70.2 Å². The van der Waals surface area contributed by atoms with E-state index in [4.69, 9.17) is 0 Å². The maximum atomic E-state index is 12.9. The Hall–Kier alpha value is -2.43. The first-order valence-corrected chi connectivity index (χ1v) is 9.53. The van der Waals surface area contributed by atoms with E-state index >= 15 is 0 Å². The summed E-state index contributed by atoms with van der Waals surface area (Å²) in [4.78, 5) is 42.6. The van der Waals surface area contributed by atoms with Crippen molar-refractivity contribution < 1.29 is 14.4 Å². The molecule has 136 valence electrons. The van der Waals surface area contributed by atoms with Gasteiger partial charge in [0.15, 0.2) is 5.78 Å². The maximum absolute atomic E-state index is 12.9. The minimum absolute atomic E-state index is 0.135. The van der Waals surface area contributed by atoms with Crippen molar-refractivity contribution in [2.24, 2.45) is 5.41 Å². The summed E-state index contributed by atoms with van der Waals surface area (Å²) in [6.07, 6.45) is 7.49. The van der Waals surface area contributed by atoms with E-state index in [1.165, 1.54) is 4.90 Å². The molecular weight excluding hydrogens is 328 g/mol. The van der Waals surface area contributed by atoms with Gasteiger partial charge in [0, 0.05) is 29.1 Å². The van der Waals surface area contributed by atoms with Gasteiger partial charge in [-0.1, -0.05) is 44.4 Å². The van der Waals surface area contributed by atoms with Crippen molar-refractivity contribution in [3.05, 3.63) is 35.5 Å². The number of nitrogens with one attached hydrogen (secondary N) is 1. The predicted molar refractivity (Wildman–Crippen MR) is 98.9 cm³/mol. The van der Waals surface area contributed by atoms with Gasteiger partial charge in [0.1, 0.15) is 0 Å². The Morgan fingerprint density at radius 3 is 2.69 bits per heavy atom. The number of rotatable bonds is 4. The first kappa shape index (κ1) is 17.0. The number of nitrogens with zero attached hydrogens (tertiary/aromatic N) is 1. The Labute approximate surface area is 152 Å². The number of para-hydroxylation sites is 1. The van der Waals surface area contributed by atoms with Gasteiger partial charge in [-0.25, -0.2) is 0 Å². The van der Waals surface area contributed by atoms with Crippen LogP contribution in [0.5, 0.6) is 0 Å². The summed E-state index contributed by atoms with van der Waals surface area (Å²) in [6, 6.07) is 5.89. The molecule has 1 saturated heterocycles. The summed E-state index contributed by atoms with van der Waals surface area (Å²) >= 11 is 0. The molecular formula is C21H24N2O3. The monoisotopic (exact) mass is 352 g/mol. The number of H-pyrrole nitrogens is 1. The second-order valence-corrected chi connectivity index (χ2v) is 7.62. The second-order valence-electron chi connectivity index (χ2n) is 7.62. The molecule has 2 heterocycles. The number of carbonyl (C=O) groups excluding carboxylic acids is 3. The number of aryl methyl sites for hydroxylation is 1. The molecule has 0 unspecified atom stereocenters. The van der Waals surface area contributed by atoms with Gasteiger partial charge in [0.05, 0.1) is 12.0 Å². The lowest BCUT2D eigenvalue weighted by molar-refractivity contribution is -0.141. The van der Waals surface area contributed by atoms with Crippen LogP contribution in [0.2, 0.25) is 0 Å². The molecule has 1 aromatic heterocycles. The van der Waals surface area contributed by atoms with E-state index in [-0.39, 0.29) is 30.6 Å². The normalized spacial score (nSPS) is 19.7. The number of imide groups is 1. The lowest BCUT2D eigenvalue weighted by Gasteiger charge is -2.30. The fourth-order valence-electron chi connectivity index (χ4n) is 4.61. The molecule has 1 saturated carbocycles. The highest BCUT2D eigenvalue weighted by Gasteiger charge is 2.51. The first-order valence-electron chi connectivity index (χ1n) is 9.53. The van der Waals surface area contributed by atoms with Crippen LogP contribution in [0.4, 0.5) is 0 Å². The smallest absolute Gasteiger partial charge is 0.236 e. The minimum Gasteiger partial charge on any atom is -0.360 e. The number of ketones is 1. The van der Waals surface area contributed by atoms with Crippen LogP contribution in [0, 0.1) is 5.41 Å². The third-order valence-corrected chi connectivity index (χ3v) is 6.08. The van der Waals surface area contributed by atoms with Crippen molar-refractivity contribution in [1.82, 2.24) is 9.88 Å². The van der Waals surface area contributed by atoms with Crippen molar-refractivity contribution >= 4 is 28.5 Å². The predicted octanol–water partition coefficient (Wildman–Crippen LogP) is 3.62. The van der Waals surface area contributed by atoms with Crippen LogP contribution in [0.25, 0.3) is 10.9 Å². The number of aromatic amines is 1. The fourth-order valence-corrected chi connectivity index (χ4v) is 4.61. The molecule has 2 aliphatic rings. The van der Waals surface area contributed by atoms with Gasteiger partial charge in [0.2, 0.25) is 11.8 Å². The zero-order valence-corrected chi connectivity index (χ0v) is 15.1. The van der Waals surface area contributed by atoms with Gasteiger partial charge >= 0.3 is 0 Å². The van der Waals surface area contributed by atoms with Crippen molar-refractivity contribution in [3.8, 4) is 0 Å². The molecule has 1 aliphatic heterocycles. The number of aromatic nitrogens is 1. The third-order valence-electron chi connectivity index (χ3n) is 6.08. The Morgan fingerprint density at radius 2 is 1.96 bits per heavy atom. The lowest BCUT2D eigenvalue weighted by atomic mass is 9.73. The summed E-state index contributed by atoms with van der Waals surface area (Å²) in [5.41, 5.74) is 2.13. The van der Waals surface area contributed by atoms with E-state index < -0.39 is 5.41 Å². The van der Waals surface area contributed by atoms with E-state index in [1.54, 1.807) is 6.20 Å². The fraction of sp³-hybridized carbons (Fsp3) is 0.476. The van der Waals surface area contributed by atoms with Crippen LogP contribution in [0.15, 0.2) is 24.4 Å². The second kappa shape index (κ2) is 6.38. The van der Waals surface area contributed by atoms with E-state index in [0.29, 0.717) is 5.56 Å². The van der Waals surface area contributed by atoms with Crippen LogP contribution in [0.3, 0.4) is 0 Å². The number of Topliss-reactive ketones (excluding diaryl/α,β-unsaturated/α-hetero) is 1. The minimum atomic E-state index is -0.537. The number of likely N-dealkylation sites (tertiary alicyclic amines) is 1. The first-order chi connectivity index (χ1) is 12.6. The van der Waals surface area contributed by atoms with Crippen LogP contribution < -0.4 is 0 Å². The lowest BCUT2D eigenvalue weighted by Crippen LogP contribution is -2.39. The molecule has 1 aliphatic carbocycles. The highest BCUT2D eigenvalue weighted by molar-refractivity contribution is 6.14. The van der Waals surface area contributed by atoms with Gasteiger partial charge in [-0.3, -0.25) is 19.3 Å². The Bertz CT molecular complexity index is 890. The molecule has 2 amide bonds. The molecule has 4 rings (SSSR count). The van der Waals surface area contributed by atoms with Gasteiger partial charge in [-0.05, 0) is 24.8 Å². The van der Waals surface area contributed by atoms with Gasteiger partial charge in [-0.2, -0.15) is 0 Å². The molecule has 2 aromatic rings. The average Bonchev–Trinajstić information content (AvgIpc) is 3.18. The Kier molecular flexibility index (Phi) is 4.17. The standard InChI is InChI=1S/C21H24N2O3/c1-2-14-7-6-8-15-16(12-22-19(14)15)17(24)13-23-18(25)11-21(20(23)26)9-4-3-5-10-21/h6-8,12,22H,2-5,9-11,13H2,1H3. The van der Waals surface area contributed by atoms with Gasteiger partial charge < -0.3 is 4.98 Å². The Balaban J connectivity index is 1.59. The quantitative estimate of drug-likeness (QED) is 0.675. The molecule has 0 bridgehead atoms. The highest BCUT2D eigenvalue weighted by atomic mass is 16.2. The summed E-state index contributed by atoms with van der Waals surface area (Å²) in [5.74, 6) is -0.511. The number of hydrogen-bond donors (Lipinski definition) is 1. The summed E-state index contributed by atoms with van der Waals surface area (Å²) in [5, 5.41) is 0.862. The zero-order chi connectivity index (χ0) is 18.3. The summed E-state index contributed by atoms with van der Waals surface area (Å²) < 4.78 is 0. The van der Waals surface area contributed by atoms with Gasteiger partial charge in [0.25, 0.3) is 0 Å². The zero-order valence-electron chi connectivity index (χ0n) is 15.1. The van der Waals surface area contributed by atoms with E-state index in [9.17, 15) is 14.4 Å². The van der Waals surface area contributed by atoms with E-state index in [1.807, 2.05) is 18.2 Å². The number of benzene rings is 1. The van der Waals surface area contributed by atoms with E-state index in [2.05, 4.69) is 11.9 Å². The SMILES string of the molecule is CCc1cccc2c(C(=O)CN3C(=O)CC4(CCCCC4)C3=O)c[nH]c12. The van der Waals surface area contributed by atoms with Crippen molar-refractivity contribution in [3.63, 3.8) is 0 Å². The number of fused-ring (bicyclic) bond motifs is 1. The average molecular weight is 352 g/mol. The van der Waals surface area contributed by atoms with Crippen LogP contribution >= 0.6 is 0 Å². The largest absolute Gasteiger partial charge is 0.360 e. The van der Waals surface area contributed by atoms with Crippen LogP contribution in [0.1, 0.15) is 61.4 Å². The molecule has 0 radical (unpaired) electrons. The molecule has 26 heavy (non-hydrogen) atoms. The van der Waals surface area contributed by atoms with Crippen molar-refractivity contribution in [2.45, 2.75) is 51.9 Å².